The van der Waals surface area contributed by atoms with E-state index in [1.807, 2.05) is 24.1 Å². The molecule has 2 N–H and O–H groups in total. The number of carbonyl (C=O) groups excluding carboxylic acids is 1. The zero-order chi connectivity index (χ0) is 13.4. The second-order valence-electron chi connectivity index (χ2n) is 5.50. The van der Waals surface area contributed by atoms with Crippen LogP contribution in [0.25, 0.3) is 0 Å². The van der Waals surface area contributed by atoms with Crippen molar-refractivity contribution < 1.29 is 9.90 Å². The van der Waals surface area contributed by atoms with Crippen LogP contribution in [0.2, 0.25) is 0 Å². The molecule has 4 heteroatoms. The first-order chi connectivity index (χ1) is 9.19. The van der Waals surface area contributed by atoms with E-state index in [-0.39, 0.29) is 18.1 Å². The minimum Gasteiger partial charge on any atom is -0.393 e. The number of benzene rings is 1. The van der Waals surface area contributed by atoms with Crippen molar-refractivity contribution in [2.45, 2.75) is 44.2 Å². The molecule has 1 saturated carbocycles. The summed E-state index contributed by atoms with van der Waals surface area (Å²) in [6.07, 6.45) is 3.74. The van der Waals surface area contributed by atoms with Crippen LogP contribution in [0.3, 0.4) is 0 Å². The van der Waals surface area contributed by atoms with Crippen LogP contribution in [0.4, 0.5) is 11.4 Å². The molecule has 1 aliphatic heterocycles. The summed E-state index contributed by atoms with van der Waals surface area (Å²) < 4.78 is 0. The Morgan fingerprint density at radius 3 is 2.68 bits per heavy atom. The monoisotopic (exact) mass is 260 g/mol. The van der Waals surface area contributed by atoms with Gasteiger partial charge in [-0.05, 0) is 49.4 Å². The summed E-state index contributed by atoms with van der Waals surface area (Å²) in [5.41, 5.74) is 3.22. The van der Waals surface area contributed by atoms with Crippen molar-refractivity contribution in [1.82, 2.24) is 0 Å². The average molecular weight is 260 g/mol. The molecule has 0 aromatic heterocycles. The van der Waals surface area contributed by atoms with Crippen molar-refractivity contribution >= 4 is 17.3 Å². The first-order valence-corrected chi connectivity index (χ1v) is 7.00. The Labute approximate surface area is 113 Å². The molecule has 4 nitrogen and oxygen atoms in total. The summed E-state index contributed by atoms with van der Waals surface area (Å²) in [5.74, 6) is 0.199. The molecule has 1 fully saturated rings. The van der Waals surface area contributed by atoms with Crippen LogP contribution in [-0.4, -0.2) is 30.2 Å². The molecular weight excluding hydrogens is 240 g/mol. The molecule has 0 radical (unpaired) electrons. The van der Waals surface area contributed by atoms with Crippen molar-refractivity contribution in [3.63, 3.8) is 0 Å². The van der Waals surface area contributed by atoms with Gasteiger partial charge in [0.25, 0.3) is 0 Å². The van der Waals surface area contributed by atoms with Gasteiger partial charge in [0.15, 0.2) is 0 Å². The van der Waals surface area contributed by atoms with E-state index in [9.17, 15) is 9.90 Å². The summed E-state index contributed by atoms with van der Waals surface area (Å²) in [4.78, 5) is 14.2. The van der Waals surface area contributed by atoms with E-state index in [1.165, 1.54) is 0 Å². The molecule has 1 aromatic carbocycles. The minimum absolute atomic E-state index is 0.180. The summed E-state index contributed by atoms with van der Waals surface area (Å²) >= 11 is 0. The number of carbonyl (C=O) groups is 1. The fourth-order valence-electron chi connectivity index (χ4n) is 3.22. The zero-order valence-electron chi connectivity index (χ0n) is 11.2. The van der Waals surface area contributed by atoms with Gasteiger partial charge in [0, 0.05) is 24.5 Å². The normalized spacial score (nSPS) is 26.4. The van der Waals surface area contributed by atoms with Crippen LogP contribution in [0.15, 0.2) is 18.2 Å². The number of anilines is 2. The molecule has 19 heavy (non-hydrogen) atoms. The Bertz CT molecular complexity index is 493. The van der Waals surface area contributed by atoms with Crippen LogP contribution in [0.5, 0.6) is 0 Å². The Morgan fingerprint density at radius 2 is 2.00 bits per heavy atom. The highest BCUT2D eigenvalue weighted by Gasteiger charge is 2.34. The number of nitrogens with zero attached hydrogens (tertiary/aromatic N) is 1. The van der Waals surface area contributed by atoms with Gasteiger partial charge in [-0.3, -0.25) is 4.79 Å². The fraction of sp³-hybridized carbons (Fsp3) is 0.533. The summed E-state index contributed by atoms with van der Waals surface area (Å²) in [7, 11) is 1.89. The number of nitrogens with one attached hydrogen (secondary N) is 1. The van der Waals surface area contributed by atoms with Crippen molar-refractivity contribution in [3.8, 4) is 0 Å². The number of fused-ring (bicyclic) bond motifs is 1. The predicted octanol–water partition coefficient (Wildman–Crippen LogP) is 1.92. The highest BCUT2D eigenvalue weighted by Crippen LogP contribution is 2.36. The fourth-order valence-corrected chi connectivity index (χ4v) is 3.22. The quantitative estimate of drug-likeness (QED) is 0.854. The maximum Gasteiger partial charge on any atom is 0.231 e. The predicted molar refractivity (Wildman–Crippen MR) is 75.4 cm³/mol. The summed E-state index contributed by atoms with van der Waals surface area (Å²) in [6, 6.07) is 6.38. The lowest BCUT2D eigenvalue weighted by Gasteiger charge is -2.33. The molecule has 1 amide bonds. The lowest BCUT2D eigenvalue weighted by molar-refractivity contribution is -0.118. The highest BCUT2D eigenvalue weighted by molar-refractivity contribution is 6.02. The molecule has 1 aromatic rings. The van der Waals surface area contributed by atoms with E-state index < -0.39 is 0 Å². The number of hydrogen-bond acceptors (Lipinski definition) is 3. The lowest BCUT2D eigenvalue weighted by atomic mass is 9.92. The van der Waals surface area contributed by atoms with Crippen LogP contribution in [0, 0.1) is 0 Å². The summed E-state index contributed by atoms with van der Waals surface area (Å²) in [6.45, 7) is 0. The van der Waals surface area contributed by atoms with Gasteiger partial charge < -0.3 is 15.3 Å². The van der Waals surface area contributed by atoms with E-state index in [0.29, 0.717) is 6.42 Å². The smallest absolute Gasteiger partial charge is 0.231 e. The van der Waals surface area contributed by atoms with Gasteiger partial charge in [-0.2, -0.15) is 0 Å². The van der Waals surface area contributed by atoms with Gasteiger partial charge >= 0.3 is 0 Å². The zero-order valence-corrected chi connectivity index (χ0v) is 11.2. The van der Waals surface area contributed by atoms with Crippen molar-refractivity contribution in [2.75, 3.05) is 17.3 Å². The molecular formula is C15H20N2O2. The second kappa shape index (κ2) is 4.85. The average Bonchev–Trinajstić information content (AvgIpc) is 2.74. The van der Waals surface area contributed by atoms with Gasteiger partial charge in [-0.15, -0.1) is 0 Å². The van der Waals surface area contributed by atoms with Gasteiger partial charge in [0.05, 0.1) is 12.5 Å². The number of aliphatic hydroxyl groups is 1. The molecule has 0 unspecified atom stereocenters. The third-order valence-electron chi connectivity index (χ3n) is 4.27. The standard InChI is InChI=1S/C15H20N2O2/c1-16-11-2-7-14-10(8-11)9-15(19)17(14)12-3-5-13(18)6-4-12/h2,7-8,12-13,16,18H,3-6,9H2,1H3. The molecule has 1 heterocycles. The van der Waals surface area contributed by atoms with E-state index in [4.69, 9.17) is 0 Å². The summed E-state index contributed by atoms with van der Waals surface area (Å²) in [5, 5.41) is 12.7. The number of rotatable bonds is 2. The van der Waals surface area contributed by atoms with E-state index in [1.54, 1.807) is 0 Å². The molecule has 102 valence electrons. The number of aliphatic hydroxyl groups excluding tert-OH is 1. The molecule has 3 rings (SSSR count). The van der Waals surface area contributed by atoms with E-state index in [0.717, 1.165) is 42.6 Å². The molecule has 0 atom stereocenters. The molecule has 0 saturated heterocycles. The Morgan fingerprint density at radius 1 is 1.26 bits per heavy atom. The first kappa shape index (κ1) is 12.5. The SMILES string of the molecule is CNc1ccc2c(c1)CC(=O)N2C1CCC(O)CC1. The molecule has 0 spiro atoms. The van der Waals surface area contributed by atoms with Crippen LogP contribution < -0.4 is 10.2 Å². The number of hydrogen-bond donors (Lipinski definition) is 2. The maximum atomic E-state index is 12.3. The number of amides is 1. The Balaban J connectivity index is 1.86. The second-order valence-corrected chi connectivity index (χ2v) is 5.50. The van der Waals surface area contributed by atoms with Crippen LogP contribution in [0.1, 0.15) is 31.2 Å². The van der Waals surface area contributed by atoms with Gasteiger partial charge in [0.1, 0.15) is 0 Å². The van der Waals surface area contributed by atoms with Gasteiger partial charge in [0.2, 0.25) is 5.91 Å². The van der Waals surface area contributed by atoms with Gasteiger partial charge in [-0.1, -0.05) is 0 Å². The van der Waals surface area contributed by atoms with Crippen LogP contribution in [-0.2, 0) is 11.2 Å². The topological polar surface area (TPSA) is 52.6 Å². The highest BCUT2D eigenvalue weighted by atomic mass is 16.3. The largest absolute Gasteiger partial charge is 0.393 e. The van der Waals surface area contributed by atoms with Gasteiger partial charge in [-0.25, -0.2) is 0 Å². The Kier molecular flexibility index (Phi) is 3.19. The van der Waals surface area contributed by atoms with Crippen molar-refractivity contribution in [3.05, 3.63) is 23.8 Å². The van der Waals surface area contributed by atoms with E-state index in [2.05, 4.69) is 11.4 Å². The third kappa shape index (κ3) is 2.21. The van der Waals surface area contributed by atoms with Crippen molar-refractivity contribution in [2.24, 2.45) is 0 Å². The minimum atomic E-state index is -0.180. The third-order valence-corrected chi connectivity index (χ3v) is 4.27. The van der Waals surface area contributed by atoms with Crippen molar-refractivity contribution in [1.29, 1.82) is 0 Å². The lowest BCUT2D eigenvalue weighted by Crippen LogP contribution is -2.41. The first-order valence-electron chi connectivity index (χ1n) is 7.00. The van der Waals surface area contributed by atoms with E-state index >= 15 is 0 Å². The molecule has 0 bridgehead atoms. The van der Waals surface area contributed by atoms with Crippen LogP contribution >= 0.6 is 0 Å². The molecule has 1 aliphatic carbocycles. The molecule has 2 aliphatic rings. The maximum absolute atomic E-state index is 12.3. The Hall–Kier alpha value is -1.55.